The Morgan fingerprint density at radius 2 is 2.05 bits per heavy atom. The fraction of sp³-hybridized carbons (Fsp3) is 0.250. The van der Waals surface area contributed by atoms with E-state index in [2.05, 4.69) is 26.2 Å². The van der Waals surface area contributed by atoms with E-state index in [0.717, 1.165) is 15.6 Å². The molecule has 1 aromatic heterocycles. The Labute approximate surface area is 132 Å². The van der Waals surface area contributed by atoms with E-state index in [9.17, 15) is 4.79 Å². The fourth-order valence-electron chi connectivity index (χ4n) is 1.90. The van der Waals surface area contributed by atoms with Gasteiger partial charge >= 0.3 is 0 Å². The van der Waals surface area contributed by atoms with Crippen molar-refractivity contribution in [1.82, 2.24) is 10.3 Å². The summed E-state index contributed by atoms with van der Waals surface area (Å²) in [6.45, 7) is 3.66. The molecule has 0 fully saturated rings. The second-order valence-corrected chi connectivity index (χ2v) is 5.40. The van der Waals surface area contributed by atoms with Crippen LogP contribution in [0, 0.1) is 0 Å². The van der Waals surface area contributed by atoms with Gasteiger partial charge < -0.3 is 10.1 Å². The van der Waals surface area contributed by atoms with Crippen LogP contribution in [0.1, 0.15) is 28.4 Å². The lowest BCUT2D eigenvalue weighted by Crippen LogP contribution is -2.23. The van der Waals surface area contributed by atoms with Crippen LogP contribution in [0.5, 0.6) is 0 Å². The Bertz CT molecular complexity index is 617. The molecule has 0 saturated heterocycles. The SMILES string of the molecule is CCOCc1ccccc1CNC(=O)c1cncc(Br)c1. The van der Waals surface area contributed by atoms with E-state index in [1.54, 1.807) is 18.5 Å². The van der Waals surface area contributed by atoms with Crippen molar-refractivity contribution in [2.24, 2.45) is 0 Å². The van der Waals surface area contributed by atoms with Crippen molar-refractivity contribution in [2.45, 2.75) is 20.1 Å². The summed E-state index contributed by atoms with van der Waals surface area (Å²) < 4.78 is 6.22. The van der Waals surface area contributed by atoms with Crippen molar-refractivity contribution in [3.8, 4) is 0 Å². The molecular formula is C16H17BrN2O2. The van der Waals surface area contributed by atoms with E-state index in [4.69, 9.17) is 4.74 Å². The molecule has 1 heterocycles. The van der Waals surface area contributed by atoms with Gasteiger partial charge in [0.1, 0.15) is 0 Å². The monoisotopic (exact) mass is 348 g/mol. The largest absolute Gasteiger partial charge is 0.377 e. The molecule has 0 spiro atoms. The highest BCUT2D eigenvalue weighted by atomic mass is 79.9. The van der Waals surface area contributed by atoms with Crippen LogP contribution in [-0.2, 0) is 17.9 Å². The molecule has 0 unspecified atom stereocenters. The van der Waals surface area contributed by atoms with Crippen LogP contribution in [0.25, 0.3) is 0 Å². The fourth-order valence-corrected chi connectivity index (χ4v) is 2.26. The lowest BCUT2D eigenvalue weighted by molar-refractivity contribution is 0.0949. The molecule has 21 heavy (non-hydrogen) atoms. The number of nitrogens with zero attached hydrogens (tertiary/aromatic N) is 1. The summed E-state index contributed by atoms with van der Waals surface area (Å²) in [7, 11) is 0. The van der Waals surface area contributed by atoms with Crippen LogP contribution in [0.3, 0.4) is 0 Å². The number of ether oxygens (including phenoxy) is 1. The predicted molar refractivity (Wildman–Crippen MR) is 84.9 cm³/mol. The third-order valence-corrected chi connectivity index (χ3v) is 3.42. The number of rotatable bonds is 6. The van der Waals surface area contributed by atoms with Gasteiger partial charge in [0.2, 0.25) is 0 Å². The van der Waals surface area contributed by atoms with Crippen molar-refractivity contribution in [3.63, 3.8) is 0 Å². The van der Waals surface area contributed by atoms with E-state index in [0.29, 0.717) is 25.3 Å². The highest BCUT2D eigenvalue weighted by Crippen LogP contribution is 2.12. The van der Waals surface area contributed by atoms with Crippen LogP contribution in [-0.4, -0.2) is 17.5 Å². The molecule has 0 atom stereocenters. The molecule has 110 valence electrons. The van der Waals surface area contributed by atoms with Crippen LogP contribution in [0.2, 0.25) is 0 Å². The molecule has 1 amide bonds. The van der Waals surface area contributed by atoms with Crippen molar-refractivity contribution in [2.75, 3.05) is 6.61 Å². The van der Waals surface area contributed by atoms with Gasteiger partial charge in [0.15, 0.2) is 0 Å². The minimum atomic E-state index is -0.144. The molecule has 2 aromatic rings. The Balaban J connectivity index is 2.01. The molecule has 4 nitrogen and oxygen atoms in total. The molecule has 2 rings (SSSR count). The number of halogens is 1. The minimum Gasteiger partial charge on any atom is -0.377 e. The van der Waals surface area contributed by atoms with Gasteiger partial charge in [-0.1, -0.05) is 24.3 Å². The number of aromatic nitrogens is 1. The topological polar surface area (TPSA) is 51.2 Å². The summed E-state index contributed by atoms with van der Waals surface area (Å²) in [5, 5.41) is 2.90. The van der Waals surface area contributed by atoms with E-state index < -0.39 is 0 Å². The maximum atomic E-state index is 12.1. The van der Waals surface area contributed by atoms with Gasteiger partial charge in [-0.2, -0.15) is 0 Å². The number of nitrogens with one attached hydrogen (secondary N) is 1. The number of hydrogen-bond donors (Lipinski definition) is 1. The van der Waals surface area contributed by atoms with Gasteiger partial charge in [0, 0.05) is 30.0 Å². The Hall–Kier alpha value is -1.72. The Kier molecular flexibility index (Phi) is 5.90. The van der Waals surface area contributed by atoms with Crippen LogP contribution in [0.15, 0.2) is 47.2 Å². The second kappa shape index (κ2) is 7.90. The molecule has 0 aliphatic rings. The summed E-state index contributed by atoms with van der Waals surface area (Å²) >= 11 is 3.31. The van der Waals surface area contributed by atoms with Crippen molar-refractivity contribution in [1.29, 1.82) is 0 Å². The normalized spacial score (nSPS) is 10.4. The highest BCUT2D eigenvalue weighted by Gasteiger charge is 2.08. The zero-order valence-electron chi connectivity index (χ0n) is 11.8. The van der Waals surface area contributed by atoms with Gasteiger partial charge in [-0.15, -0.1) is 0 Å². The minimum absolute atomic E-state index is 0.144. The number of pyridine rings is 1. The van der Waals surface area contributed by atoms with E-state index in [-0.39, 0.29) is 5.91 Å². The molecule has 0 saturated carbocycles. The van der Waals surface area contributed by atoms with E-state index in [1.807, 2.05) is 31.2 Å². The first-order valence-corrected chi connectivity index (χ1v) is 7.53. The average molecular weight is 349 g/mol. The van der Waals surface area contributed by atoms with E-state index >= 15 is 0 Å². The van der Waals surface area contributed by atoms with Gasteiger partial charge in [-0.05, 0) is 40.0 Å². The zero-order chi connectivity index (χ0) is 15.1. The summed E-state index contributed by atoms with van der Waals surface area (Å²) in [6, 6.07) is 9.68. The van der Waals surface area contributed by atoms with Gasteiger partial charge in [-0.3, -0.25) is 9.78 Å². The van der Waals surface area contributed by atoms with Crippen LogP contribution >= 0.6 is 15.9 Å². The number of benzene rings is 1. The predicted octanol–water partition coefficient (Wildman–Crippen LogP) is 3.31. The Morgan fingerprint density at radius 3 is 2.76 bits per heavy atom. The molecule has 5 heteroatoms. The molecule has 1 aromatic carbocycles. The summed E-state index contributed by atoms with van der Waals surface area (Å²) in [5.74, 6) is -0.144. The maximum Gasteiger partial charge on any atom is 0.253 e. The number of hydrogen-bond acceptors (Lipinski definition) is 3. The summed E-state index contributed by atoms with van der Waals surface area (Å²) in [6.07, 6.45) is 3.19. The number of amides is 1. The number of carbonyl (C=O) groups is 1. The quantitative estimate of drug-likeness (QED) is 0.871. The zero-order valence-corrected chi connectivity index (χ0v) is 13.4. The summed E-state index contributed by atoms with van der Waals surface area (Å²) in [5.41, 5.74) is 2.68. The Morgan fingerprint density at radius 1 is 1.29 bits per heavy atom. The smallest absolute Gasteiger partial charge is 0.253 e. The van der Waals surface area contributed by atoms with Crippen molar-refractivity contribution in [3.05, 3.63) is 63.9 Å². The summed E-state index contributed by atoms with van der Waals surface area (Å²) in [4.78, 5) is 16.1. The third-order valence-electron chi connectivity index (χ3n) is 2.99. The first kappa shape index (κ1) is 15.7. The molecule has 0 radical (unpaired) electrons. The van der Waals surface area contributed by atoms with Crippen LogP contribution in [0.4, 0.5) is 0 Å². The molecule has 1 N–H and O–H groups in total. The van der Waals surface area contributed by atoms with Gasteiger partial charge in [0.25, 0.3) is 5.91 Å². The van der Waals surface area contributed by atoms with Crippen LogP contribution < -0.4 is 5.32 Å². The van der Waals surface area contributed by atoms with E-state index in [1.165, 1.54) is 0 Å². The van der Waals surface area contributed by atoms with Gasteiger partial charge in [0.05, 0.1) is 12.2 Å². The number of carbonyl (C=O) groups excluding carboxylic acids is 1. The lowest BCUT2D eigenvalue weighted by atomic mass is 10.1. The molecule has 0 aliphatic heterocycles. The molecule has 0 bridgehead atoms. The first-order valence-electron chi connectivity index (χ1n) is 6.74. The first-order chi connectivity index (χ1) is 10.2. The standard InChI is InChI=1S/C16H17BrN2O2/c1-2-21-11-13-6-4-3-5-12(13)9-19-16(20)14-7-15(17)10-18-8-14/h3-8,10H,2,9,11H2,1H3,(H,19,20). The molecular weight excluding hydrogens is 332 g/mol. The highest BCUT2D eigenvalue weighted by molar-refractivity contribution is 9.10. The maximum absolute atomic E-state index is 12.1. The second-order valence-electron chi connectivity index (χ2n) is 4.48. The van der Waals surface area contributed by atoms with Gasteiger partial charge in [-0.25, -0.2) is 0 Å². The van der Waals surface area contributed by atoms with Crippen molar-refractivity contribution >= 4 is 21.8 Å². The van der Waals surface area contributed by atoms with Crippen molar-refractivity contribution < 1.29 is 9.53 Å². The molecule has 0 aliphatic carbocycles. The average Bonchev–Trinajstić information content (AvgIpc) is 2.51. The lowest BCUT2D eigenvalue weighted by Gasteiger charge is -2.10. The third kappa shape index (κ3) is 4.65.